The molecule has 0 aliphatic rings. The van der Waals surface area contributed by atoms with Crippen LogP contribution in [-0.2, 0) is 6.61 Å². The predicted molar refractivity (Wildman–Crippen MR) is 39.6 cm³/mol. The number of nitrogens with zero attached hydrogens (tertiary/aromatic N) is 1. The molecule has 0 radical (unpaired) electrons. The standard InChI is InChI=1S/C6H6N2O4/c9-3-4-2-7-6(8(11)12)1-5(4)10/h1-2,9H,3H2,(H,7,10). The van der Waals surface area contributed by atoms with Crippen molar-refractivity contribution in [1.29, 1.82) is 0 Å². The van der Waals surface area contributed by atoms with E-state index in [0.29, 0.717) is 0 Å². The van der Waals surface area contributed by atoms with Crippen molar-refractivity contribution >= 4 is 5.82 Å². The largest absolute Gasteiger partial charge is 0.391 e. The molecule has 0 saturated heterocycles. The molecule has 1 aromatic rings. The third-order valence-electron chi connectivity index (χ3n) is 1.35. The van der Waals surface area contributed by atoms with Crippen LogP contribution in [0.25, 0.3) is 0 Å². The Bertz CT molecular complexity index is 357. The number of pyridine rings is 1. The van der Waals surface area contributed by atoms with Gasteiger partial charge in [-0.15, -0.1) is 0 Å². The Balaban J connectivity index is 3.19. The molecule has 0 unspecified atom stereocenters. The maximum absolute atomic E-state index is 10.9. The van der Waals surface area contributed by atoms with Crippen molar-refractivity contribution in [3.63, 3.8) is 0 Å². The molecular formula is C6H6N2O4. The Morgan fingerprint density at radius 3 is 2.75 bits per heavy atom. The highest BCUT2D eigenvalue weighted by Crippen LogP contribution is 2.01. The highest BCUT2D eigenvalue weighted by Gasteiger charge is 2.06. The van der Waals surface area contributed by atoms with E-state index in [1.54, 1.807) is 0 Å². The first kappa shape index (κ1) is 8.41. The summed E-state index contributed by atoms with van der Waals surface area (Å²) in [7, 11) is 0. The zero-order valence-electron chi connectivity index (χ0n) is 5.98. The highest BCUT2D eigenvalue weighted by atomic mass is 16.6. The summed E-state index contributed by atoms with van der Waals surface area (Å²) in [6.45, 7) is -0.423. The van der Waals surface area contributed by atoms with Crippen molar-refractivity contribution in [3.8, 4) is 0 Å². The lowest BCUT2D eigenvalue weighted by Crippen LogP contribution is -2.09. The normalized spacial score (nSPS) is 9.75. The molecule has 0 atom stereocenters. The predicted octanol–water partition coefficient (Wildman–Crippen LogP) is -0.225. The second-order valence-electron chi connectivity index (χ2n) is 2.12. The second kappa shape index (κ2) is 3.14. The van der Waals surface area contributed by atoms with Crippen molar-refractivity contribution in [1.82, 2.24) is 4.98 Å². The second-order valence-corrected chi connectivity index (χ2v) is 2.12. The third kappa shape index (κ3) is 1.48. The fourth-order valence-electron chi connectivity index (χ4n) is 0.720. The molecule has 0 spiro atoms. The van der Waals surface area contributed by atoms with Crippen molar-refractivity contribution in [2.75, 3.05) is 0 Å². The first-order valence-corrected chi connectivity index (χ1v) is 3.12. The summed E-state index contributed by atoms with van der Waals surface area (Å²) in [5.41, 5.74) is -0.427. The van der Waals surface area contributed by atoms with Gasteiger partial charge in [0.25, 0.3) is 0 Å². The zero-order valence-corrected chi connectivity index (χ0v) is 5.98. The van der Waals surface area contributed by atoms with Gasteiger partial charge in [0.15, 0.2) is 5.43 Å². The molecule has 1 heterocycles. The first-order valence-electron chi connectivity index (χ1n) is 3.12. The van der Waals surface area contributed by atoms with Crippen molar-refractivity contribution in [2.24, 2.45) is 0 Å². The van der Waals surface area contributed by atoms with Crippen LogP contribution in [0.3, 0.4) is 0 Å². The Morgan fingerprint density at radius 1 is 1.67 bits per heavy atom. The van der Waals surface area contributed by atoms with Gasteiger partial charge in [-0.1, -0.05) is 0 Å². The highest BCUT2D eigenvalue weighted by molar-refractivity contribution is 5.22. The van der Waals surface area contributed by atoms with Gasteiger partial charge < -0.3 is 15.2 Å². The molecule has 6 heteroatoms. The van der Waals surface area contributed by atoms with E-state index in [9.17, 15) is 14.9 Å². The number of hydrogen-bond acceptors (Lipinski definition) is 4. The van der Waals surface area contributed by atoms with Gasteiger partial charge in [0.2, 0.25) is 0 Å². The minimum Gasteiger partial charge on any atom is -0.391 e. The number of hydrogen-bond donors (Lipinski definition) is 2. The molecule has 0 aliphatic carbocycles. The van der Waals surface area contributed by atoms with E-state index in [0.717, 1.165) is 12.3 Å². The number of H-pyrrole nitrogens is 1. The lowest BCUT2D eigenvalue weighted by Gasteiger charge is -1.94. The van der Waals surface area contributed by atoms with Gasteiger partial charge in [0, 0.05) is 0 Å². The number of rotatable bonds is 2. The number of aromatic amines is 1. The molecule has 1 aromatic heterocycles. The van der Waals surface area contributed by atoms with E-state index < -0.39 is 17.0 Å². The molecule has 6 nitrogen and oxygen atoms in total. The number of aliphatic hydroxyl groups is 1. The SMILES string of the molecule is O=c1cc([N+](=O)[O-])[nH]cc1CO. The summed E-state index contributed by atoms with van der Waals surface area (Å²) < 4.78 is 0. The van der Waals surface area contributed by atoms with Crippen LogP contribution in [0.2, 0.25) is 0 Å². The number of nitro groups is 1. The van der Waals surface area contributed by atoms with Gasteiger partial charge in [-0.3, -0.25) is 4.79 Å². The van der Waals surface area contributed by atoms with E-state index >= 15 is 0 Å². The maximum atomic E-state index is 10.9. The summed E-state index contributed by atoms with van der Waals surface area (Å²) >= 11 is 0. The van der Waals surface area contributed by atoms with Gasteiger partial charge in [-0.2, -0.15) is 0 Å². The summed E-state index contributed by atoms with van der Waals surface area (Å²) in [5, 5.41) is 18.7. The average Bonchev–Trinajstić information content (AvgIpc) is 2.04. The van der Waals surface area contributed by atoms with Crippen molar-refractivity contribution < 1.29 is 10.0 Å². The van der Waals surface area contributed by atoms with Crippen LogP contribution in [0.1, 0.15) is 5.56 Å². The molecule has 0 amide bonds. The fraction of sp³-hybridized carbons (Fsp3) is 0.167. The molecule has 12 heavy (non-hydrogen) atoms. The van der Waals surface area contributed by atoms with Crippen LogP contribution < -0.4 is 5.43 Å². The van der Waals surface area contributed by atoms with Gasteiger partial charge >= 0.3 is 5.82 Å². The topological polar surface area (TPSA) is 96.2 Å². The van der Waals surface area contributed by atoms with Gasteiger partial charge in [0.1, 0.15) is 0 Å². The summed E-state index contributed by atoms with van der Waals surface area (Å²) in [6.07, 6.45) is 1.13. The Morgan fingerprint density at radius 2 is 2.33 bits per heavy atom. The van der Waals surface area contributed by atoms with Crippen LogP contribution in [-0.4, -0.2) is 15.0 Å². The zero-order chi connectivity index (χ0) is 9.14. The minimum absolute atomic E-state index is 0.112. The van der Waals surface area contributed by atoms with Crippen molar-refractivity contribution in [2.45, 2.75) is 6.61 Å². The molecule has 64 valence electrons. The molecule has 0 fully saturated rings. The molecular weight excluding hydrogens is 164 g/mol. The van der Waals surface area contributed by atoms with Crippen LogP contribution in [0, 0.1) is 10.1 Å². The van der Waals surface area contributed by atoms with E-state index in [1.165, 1.54) is 0 Å². The molecule has 0 bridgehead atoms. The Kier molecular flexibility index (Phi) is 2.20. The van der Waals surface area contributed by atoms with E-state index in [2.05, 4.69) is 4.98 Å². The number of aromatic nitrogens is 1. The van der Waals surface area contributed by atoms with E-state index in [1.807, 2.05) is 0 Å². The average molecular weight is 170 g/mol. The van der Waals surface area contributed by atoms with Crippen LogP contribution in [0.15, 0.2) is 17.1 Å². The molecule has 0 aromatic carbocycles. The van der Waals surface area contributed by atoms with E-state index in [4.69, 9.17) is 5.11 Å². The molecule has 0 saturated carbocycles. The van der Waals surface area contributed by atoms with Gasteiger partial charge in [-0.25, -0.2) is 4.98 Å². The Labute approximate surface area is 66.6 Å². The Hall–Kier alpha value is -1.69. The lowest BCUT2D eigenvalue weighted by molar-refractivity contribution is -0.389. The van der Waals surface area contributed by atoms with Crippen LogP contribution in [0.4, 0.5) is 5.82 Å². The van der Waals surface area contributed by atoms with Gasteiger partial charge in [-0.05, 0) is 4.92 Å². The van der Waals surface area contributed by atoms with Crippen LogP contribution >= 0.6 is 0 Å². The molecule has 2 N–H and O–H groups in total. The number of aliphatic hydroxyl groups excluding tert-OH is 1. The minimum atomic E-state index is -0.706. The smallest absolute Gasteiger partial charge is 0.324 e. The number of nitrogens with one attached hydrogen (secondary N) is 1. The lowest BCUT2D eigenvalue weighted by atomic mass is 10.3. The van der Waals surface area contributed by atoms with Crippen molar-refractivity contribution in [3.05, 3.63) is 38.2 Å². The van der Waals surface area contributed by atoms with Gasteiger partial charge in [0.05, 0.1) is 24.4 Å². The molecule has 1 rings (SSSR count). The maximum Gasteiger partial charge on any atom is 0.324 e. The molecule has 0 aliphatic heterocycles. The summed E-state index contributed by atoms with van der Waals surface area (Å²) in [4.78, 5) is 22.6. The third-order valence-corrected chi connectivity index (χ3v) is 1.35. The van der Waals surface area contributed by atoms with Crippen LogP contribution in [0.5, 0.6) is 0 Å². The summed E-state index contributed by atoms with van der Waals surface area (Å²) in [6, 6.07) is 0.839. The monoisotopic (exact) mass is 170 g/mol. The first-order chi connectivity index (χ1) is 5.65. The summed E-state index contributed by atoms with van der Waals surface area (Å²) in [5.74, 6) is -0.378. The fourth-order valence-corrected chi connectivity index (χ4v) is 0.720. The van der Waals surface area contributed by atoms with E-state index in [-0.39, 0.29) is 11.4 Å². The quantitative estimate of drug-likeness (QED) is 0.473.